The molecular weight excluding hydrogens is 710 g/mol. The van der Waals surface area contributed by atoms with Crippen LogP contribution in [0.5, 0.6) is 17.2 Å². The van der Waals surface area contributed by atoms with E-state index < -0.39 is 0 Å². The van der Waals surface area contributed by atoms with Gasteiger partial charge in [-0.3, -0.25) is 4.79 Å². The largest absolute Gasteiger partial charge is 0.493 e. The molecule has 0 spiro atoms. The third-order valence-electron chi connectivity index (χ3n) is 10.9. The average Bonchev–Trinajstić information content (AvgIpc) is 3.83. The Morgan fingerprint density at radius 3 is 2.44 bits per heavy atom. The number of benzene rings is 4. The summed E-state index contributed by atoms with van der Waals surface area (Å²) in [6.07, 6.45) is 7.78. The zero-order valence-corrected chi connectivity index (χ0v) is 32.2. The van der Waals surface area contributed by atoms with Crippen LogP contribution in [0.4, 0.5) is 0 Å². The number of rotatable bonds is 15. The Bertz CT molecular complexity index is 2070. The molecule has 0 radical (unpaired) electrons. The van der Waals surface area contributed by atoms with E-state index in [-0.39, 0.29) is 24.7 Å². The monoisotopic (exact) mass is 757 g/mol. The molecule has 0 unspecified atom stereocenters. The maximum absolute atomic E-state index is 11.7. The van der Waals surface area contributed by atoms with Gasteiger partial charge in [0.2, 0.25) is 5.91 Å². The van der Waals surface area contributed by atoms with Crippen molar-refractivity contribution in [2.45, 2.75) is 83.6 Å². The van der Waals surface area contributed by atoms with Gasteiger partial charge in [-0.05, 0) is 122 Å². The van der Waals surface area contributed by atoms with Crippen molar-refractivity contribution in [3.8, 4) is 40.5 Å². The molecule has 4 aromatic carbocycles. The molecule has 7 rings (SSSR count). The van der Waals surface area contributed by atoms with Crippen molar-refractivity contribution in [1.82, 2.24) is 15.5 Å². The van der Waals surface area contributed by atoms with E-state index in [9.17, 15) is 15.3 Å². The first-order valence-electron chi connectivity index (χ1n) is 19.5. The first-order valence-corrected chi connectivity index (χ1v) is 19.9. The molecule has 284 valence electrons. The summed E-state index contributed by atoms with van der Waals surface area (Å²) in [7, 11) is 0. The number of likely N-dealkylation sites (tertiary alicyclic amines) is 1. The summed E-state index contributed by atoms with van der Waals surface area (Å²) < 4.78 is 19.4. The van der Waals surface area contributed by atoms with E-state index in [1.807, 2.05) is 12.1 Å². The van der Waals surface area contributed by atoms with Gasteiger partial charge in [0.25, 0.3) is 0 Å². The van der Waals surface area contributed by atoms with Crippen LogP contribution in [0.15, 0.2) is 66.7 Å². The number of amides is 1. The summed E-state index contributed by atoms with van der Waals surface area (Å²) in [6.45, 7) is 7.57. The lowest BCUT2D eigenvalue weighted by molar-refractivity contribution is -0.119. The Balaban J connectivity index is 1.08. The van der Waals surface area contributed by atoms with Crippen molar-refractivity contribution in [2.24, 2.45) is 0 Å². The lowest BCUT2D eigenvalue weighted by Crippen LogP contribution is -2.35. The van der Waals surface area contributed by atoms with E-state index >= 15 is 0 Å². The smallest absolute Gasteiger partial charge is 0.220 e. The fraction of sp³-hybridized carbons (Fsp3) is 0.400. The highest BCUT2D eigenvalue weighted by atomic mass is 35.5. The molecule has 4 aromatic rings. The molecule has 0 aromatic heterocycles. The van der Waals surface area contributed by atoms with Crippen LogP contribution in [0, 0.1) is 29.6 Å². The highest BCUT2D eigenvalue weighted by Crippen LogP contribution is 2.44. The van der Waals surface area contributed by atoms with Crippen LogP contribution in [-0.4, -0.2) is 49.6 Å². The number of hydrogen-bond acceptors (Lipinski definition) is 8. The molecule has 10 heteroatoms. The molecule has 2 N–H and O–H groups in total. The zero-order chi connectivity index (χ0) is 38.1. The van der Waals surface area contributed by atoms with Crippen LogP contribution < -0.4 is 24.8 Å². The third-order valence-corrected chi connectivity index (χ3v) is 11.2. The van der Waals surface area contributed by atoms with Crippen LogP contribution in [0.1, 0.15) is 90.0 Å². The van der Waals surface area contributed by atoms with Crippen molar-refractivity contribution < 1.29 is 19.0 Å². The molecule has 2 fully saturated rings. The SMILES string of the molecule is Cc1c(OCCCN2CCCCC2)cccc1-c1cccc2c1CC[C@@H]2Oc1cc(OCc2cc(C#N)cc(C#N)c2)c(CNC[C@@H]2CCC(=O)N2)cc1Cl. The summed E-state index contributed by atoms with van der Waals surface area (Å²) >= 11 is 6.94. The van der Waals surface area contributed by atoms with Crippen molar-refractivity contribution in [2.75, 3.05) is 32.8 Å². The van der Waals surface area contributed by atoms with Gasteiger partial charge in [0.05, 0.1) is 34.9 Å². The van der Waals surface area contributed by atoms with Gasteiger partial charge in [-0.2, -0.15) is 10.5 Å². The second kappa shape index (κ2) is 18.0. The molecule has 2 aliphatic heterocycles. The van der Waals surface area contributed by atoms with Crippen LogP contribution in [0.3, 0.4) is 0 Å². The van der Waals surface area contributed by atoms with E-state index in [1.54, 1.807) is 18.2 Å². The summed E-state index contributed by atoms with van der Waals surface area (Å²) in [5.41, 5.74) is 8.27. The van der Waals surface area contributed by atoms with E-state index in [1.165, 1.54) is 49.0 Å². The predicted octanol–water partition coefficient (Wildman–Crippen LogP) is 8.33. The summed E-state index contributed by atoms with van der Waals surface area (Å²) in [4.78, 5) is 14.3. The normalized spacial score (nSPS) is 17.9. The Kier molecular flexibility index (Phi) is 12.5. The average molecular weight is 758 g/mol. The van der Waals surface area contributed by atoms with E-state index in [0.29, 0.717) is 59.3 Å². The Morgan fingerprint density at radius 1 is 0.891 bits per heavy atom. The lowest BCUT2D eigenvalue weighted by Gasteiger charge is -2.26. The zero-order valence-electron chi connectivity index (χ0n) is 31.5. The minimum atomic E-state index is -0.199. The molecule has 1 amide bonds. The molecule has 0 bridgehead atoms. The van der Waals surface area contributed by atoms with Crippen LogP contribution >= 0.6 is 11.6 Å². The first kappa shape index (κ1) is 38.2. The first-order chi connectivity index (χ1) is 26.9. The van der Waals surface area contributed by atoms with Crippen LogP contribution in [0.25, 0.3) is 11.1 Å². The molecule has 0 saturated carbocycles. The fourth-order valence-electron chi connectivity index (χ4n) is 8.08. The molecule has 3 aliphatic rings. The van der Waals surface area contributed by atoms with Crippen LogP contribution in [-0.2, 0) is 24.4 Å². The number of nitrogens with zero attached hydrogens (tertiary/aromatic N) is 3. The Labute approximate surface area is 329 Å². The third kappa shape index (κ3) is 9.43. The van der Waals surface area contributed by atoms with Gasteiger partial charge in [0.15, 0.2) is 0 Å². The highest BCUT2D eigenvalue weighted by Gasteiger charge is 2.28. The molecule has 2 atom stereocenters. The summed E-state index contributed by atoms with van der Waals surface area (Å²) in [6, 6.07) is 25.8. The lowest BCUT2D eigenvalue weighted by atomic mass is 9.93. The summed E-state index contributed by atoms with van der Waals surface area (Å²) in [5, 5.41) is 25.9. The Hall–Kier alpha value is -5.06. The van der Waals surface area contributed by atoms with Gasteiger partial charge in [-0.1, -0.05) is 48.4 Å². The predicted molar refractivity (Wildman–Crippen MR) is 213 cm³/mol. The number of fused-ring (bicyclic) bond motifs is 1. The molecular formula is C45H48ClN5O4. The Morgan fingerprint density at radius 2 is 1.67 bits per heavy atom. The van der Waals surface area contributed by atoms with Crippen LogP contribution in [0.2, 0.25) is 5.02 Å². The minimum Gasteiger partial charge on any atom is -0.493 e. The number of piperidine rings is 1. The number of ether oxygens (including phenoxy) is 3. The molecule has 9 nitrogen and oxygen atoms in total. The topological polar surface area (TPSA) is 120 Å². The standard InChI is InChI=1S/C45H48ClN5O4/c1-30-36(8-6-11-41(30)53-19-7-18-51-16-3-2-4-17-51)37-9-5-10-39-38(37)13-14-42(39)55-44-24-43(54-29-33-21-31(25-47)20-32(22-33)26-48)34(23-40(44)46)27-49-28-35-12-15-45(52)50-35/h5-6,8-11,20-24,35,42,49H,2-4,7,12-19,27-29H2,1H3,(H,50,52)/t35-,42-/m0/s1. The van der Waals surface area contributed by atoms with Gasteiger partial charge < -0.3 is 29.7 Å². The van der Waals surface area contributed by atoms with Gasteiger partial charge in [-0.15, -0.1) is 0 Å². The second-order valence-electron chi connectivity index (χ2n) is 14.8. The maximum atomic E-state index is 11.7. The van der Waals surface area contributed by atoms with Crippen molar-refractivity contribution in [3.05, 3.63) is 111 Å². The van der Waals surface area contributed by atoms with E-state index in [4.69, 9.17) is 25.8 Å². The van der Waals surface area contributed by atoms with E-state index in [2.05, 4.69) is 71.0 Å². The van der Waals surface area contributed by atoms with Gasteiger partial charge in [0.1, 0.15) is 30.0 Å². The number of nitriles is 2. The maximum Gasteiger partial charge on any atom is 0.220 e. The van der Waals surface area contributed by atoms with Gasteiger partial charge >= 0.3 is 0 Å². The fourth-order valence-corrected chi connectivity index (χ4v) is 8.31. The highest BCUT2D eigenvalue weighted by molar-refractivity contribution is 6.32. The van der Waals surface area contributed by atoms with E-state index in [0.717, 1.165) is 54.7 Å². The van der Waals surface area contributed by atoms with Crippen molar-refractivity contribution >= 4 is 17.5 Å². The number of carbonyl (C=O) groups excluding carboxylic acids is 1. The number of nitrogens with one attached hydrogen (secondary N) is 2. The molecule has 2 heterocycles. The number of carbonyl (C=O) groups is 1. The number of halogens is 1. The molecule has 2 saturated heterocycles. The van der Waals surface area contributed by atoms with Gasteiger partial charge in [0, 0.05) is 43.7 Å². The number of hydrogen-bond donors (Lipinski definition) is 2. The van der Waals surface area contributed by atoms with Gasteiger partial charge in [-0.25, -0.2) is 0 Å². The van der Waals surface area contributed by atoms with Crippen molar-refractivity contribution in [1.29, 1.82) is 10.5 Å². The summed E-state index contributed by atoms with van der Waals surface area (Å²) in [5.74, 6) is 2.11. The van der Waals surface area contributed by atoms with Crippen molar-refractivity contribution in [3.63, 3.8) is 0 Å². The molecule has 1 aliphatic carbocycles. The molecule has 55 heavy (non-hydrogen) atoms. The minimum absolute atomic E-state index is 0.0730. The second-order valence-corrected chi connectivity index (χ2v) is 15.2. The quantitative estimate of drug-likeness (QED) is 0.116.